The van der Waals surface area contributed by atoms with E-state index in [0.717, 1.165) is 0 Å². The second-order valence-electron chi connectivity index (χ2n) is 5.14. The Morgan fingerprint density at radius 1 is 0.467 bits per heavy atom. The van der Waals surface area contributed by atoms with Gasteiger partial charge in [-0.25, -0.2) is 10.0 Å². The molecule has 0 radical (unpaired) electrons. The topological polar surface area (TPSA) is 6.48 Å². The molecule has 3 heteroatoms. The quantitative estimate of drug-likeness (QED) is 0.506. The molecule has 0 heterocycles. The fourth-order valence-electron chi connectivity index (χ4n) is 2.26. The maximum atomic E-state index is 2.48. The minimum absolute atomic E-state index is 0. The Morgan fingerprint density at radius 3 is 0.667 bits per heavy atom. The Labute approximate surface area is 109 Å². The maximum absolute atomic E-state index is 2.48. The molecule has 88 valence electrons. The fourth-order valence-corrected chi connectivity index (χ4v) is 2.26. The van der Waals surface area contributed by atoms with Gasteiger partial charge in [0.2, 0.25) is 0 Å². The van der Waals surface area contributed by atoms with Gasteiger partial charge in [-0.2, -0.15) is 0 Å². The summed E-state index contributed by atoms with van der Waals surface area (Å²) in [5, 5.41) is 4.96. The van der Waals surface area contributed by atoms with Crippen molar-refractivity contribution in [1.82, 2.24) is 10.0 Å². The predicted octanol–water partition coefficient (Wildman–Crippen LogP) is 2.49. The third-order valence-corrected chi connectivity index (χ3v) is 2.38. The van der Waals surface area contributed by atoms with Gasteiger partial charge in [-0.1, -0.05) is 0 Å². The van der Waals surface area contributed by atoms with Gasteiger partial charge >= 0.3 is 18.9 Å². The molecule has 0 saturated heterocycles. The first-order valence-electron chi connectivity index (χ1n) is 5.85. The number of hydrogen-bond donors (Lipinski definition) is 0. The first kappa shape index (κ1) is 17.9. The van der Waals surface area contributed by atoms with E-state index in [0.29, 0.717) is 24.2 Å². The molecule has 0 aliphatic carbocycles. The van der Waals surface area contributed by atoms with Crippen LogP contribution in [0.5, 0.6) is 0 Å². The third-order valence-electron chi connectivity index (χ3n) is 2.38. The van der Waals surface area contributed by atoms with Crippen LogP contribution in [0.3, 0.4) is 0 Å². The van der Waals surface area contributed by atoms with E-state index in [9.17, 15) is 0 Å². The molecule has 0 atom stereocenters. The Morgan fingerprint density at radius 2 is 0.600 bits per heavy atom. The number of hydrazine groups is 1. The Bertz CT molecular complexity index is 122. The molecule has 15 heavy (non-hydrogen) atoms. The minimum atomic E-state index is 0. The Balaban J connectivity index is 0. The van der Waals surface area contributed by atoms with Crippen LogP contribution in [0.2, 0.25) is 0 Å². The zero-order valence-corrected chi connectivity index (χ0v) is 11.2. The summed E-state index contributed by atoms with van der Waals surface area (Å²) in [6, 6.07) is 2.28. The standard InChI is InChI=1S/C12H28N2.Li.H/c1-9(2)13(10(3)4)14(11(5)6)12(7)8;;/h9-12H,1-8H3;;. The number of hydrogen-bond acceptors (Lipinski definition) is 2. The van der Waals surface area contributed by atoms with Crippen molar-refractivity contribution in [2.24, 2.45) is 0 Å². The monoisotopic (exact) mass is 208 g/mol. The summed E-state index contributed by atoms with van der Waals surface area (Å²) < 4.78 is 0. The average Bonchev–Trinajstić information content (AvgIpc) is 1.96. The molecule has 2 nitrogen and oxygen atoms in total. The average molecular weight is 208 g/mol. The first-order chi connectivity index (χ1) is 6.29. The van der Waals surface area contributed by atoms with E-state index in [1.54, 1.807) is 0 Å². The van der Waals surface area contributed by atoms with E-state index in [1.165, 1.54) is 0 Å². The first-order valence-corrected chi connectivity index (χ1v) is 5.85. The summed E-state index contributed by atoms with van der Waals surface area (Å²) in [4.78, 5) is 0. The molecule has 0 aliphatic rings. The van der Waals surface area contributed by atoms with Crippen molar-refractivity contribution in [1.29, 1.82) is 0 Å². The van der Waals surface area contributed by atoms with Crippen LogP contribution in [-0.4, -0.2) is 53.0 Å². The molecule has 0 aromatic heterocycles. The summed E-state index contributed by atoms with van der Waals surface area (Å²) >= 11 is 0. The molecule has 0 spiro atoms. The van der Waals surface area contributed by atoms with Crippen molar-refractivity contribution in [3.05, 3.63) is 0 Å². The van der Waals surface area contributed by atoms with Gasteiger partial charge in [-0.15, -0.1) is 0 Å². The van der Waals surface area contributed by atoms with Crippen LogP contribution in [0.1, 0.15) is 55.4 Å². The number of rotatable bonds is 5. The van der Waals surface area contributed by atoms with Crippen LogP contribution < -0.4 is 0 Å². The van der Waals surface area contributed by atoms with Gasteiger partial charge in [-0.3, -0.25) is 0 Å². The Hall–Kier alpha value is 0.517. The summed E-state index contributed by atoms with van der Waals surface area (Å²) in [7, 11) is 0. The van der Waals surface area contributed by atoms with Crippen LogP contribution in [0.25, 0.3) is 0 Å². The molecule has 0 amide bonds. The summed E-state index contributed by atoms with van der Waals surface area (Å²) in [6.07, 6.45) is 0. The predicted molar refractivity (Wildman–Crippen MR) is 71.4 cm³/mol. The van der Waals surface area contributed by atoms with Gasteiger partial charge in [-0.05, 0) is 55.4 Å². The zero-order chi connectivity index (χ0) is 11.5. The molecular weight excluding hydrogens is 179 g/mol. The van der Waals surface area contributed by atoms with Gasteiger partial charge in [0.05, 0.1) is 0 Å². The van der Waals surface area contributed by atoms with Crippen molar-refractivity contribution in [3.63, 3.8) is 0 Å². The fraction of sp³-hybridized carbons (Fsp3) is 1.00. The van der Waals surface area contributed by atoms with E-state index >= 15 is 0 Å². The number of nitrogens with zero attached hydrogens (tertiary/aromatic N) is 2. The molecule has 0 bridgehead atoms. The van der Waals surface area contributed by atoms with Crippen molar-refractivity contribution in [2.75, 3.05) is 0 Å². The molecule has 0 N–H and O–H groups in total. The van der Waals surface area contributed by atoms with E-state index in [2.05, 4.69) is 65.4 Å². The summed E-state index contributed by atoms with van der Waals surface area (Å²) in [6.45, 7) is 18.1. The third kappa shape index (κ3) is 5.40. The second kappa shape index (κ2) is 7.74. The molecule has 0 aromatic rings. The molecule has 0 aromatic carbocycles. The molecule has 0 saturated carbocycles. The SMILES string of the molecule is CC(C)N(C(C)C)N(C(C)C)C(C)C.[LiH]. The van der Waals surface area contributed by atoms with Gasteiger partial charge in [0.1, 0.15) is 0 Å². The van der Waals surface area contributed by atoms with Crippen molar-refractivity contribution in [3.8, 4) is 0 Å². The van der Waals surface area contributed by atoms with Crippen LogP contribution in [0.4, 0.5) is 0 Å². The van der Waals surface area contributed by atoms with Crippen molar-refractivity contribution >= 4 is 18.9 Å². The van der Waals surface area contributed by atoms with Crippen LogP contribution >= 0.6 is 0 Å². The van der Waals surface area contributed by atoms with Crippen LogP contribution in [-0.2, 0) is 0 Å². The van der Waals surface area contributed by atoms with Gasteiger partial charge in [0, 0.05) is 24.2 Å². The van der Waals surface area contributed by atoms with Crippen molar-refractivity contribution < 1.29 is 0 Å². The van der Waals surface area contributed by atoms with E-state index < -0.39 is 0 Å². The molecule has 0 unspecified atom stereocenters. The van der Waals surface area contributed by atoms with Gasteiger partial charge in [0.15, 0.2) is 0 Å². The van der Waals surface area contributed by atoms with E-state index in [4.69, 9.17) is 0 Å². The molecule has 0 rings (SSSR count). The van der Waals surface area contributed by atoms with E-state index in [-0.39, 0.29) is 18.9 Å². The van der Waals surface area contributed by atoms with Crippen LogP contribution in [0.15, 0.2) is 0 Å². The van der Waals surface area contributed by atoms with Crippen molar-refractivity contribution in [2.45, 2.75) is 79.6 Å². The van der Waals surface area contributed by atoms with E-state index in [1.807, 2.05) is 0 Å². The molecular formula is C12H29LiN2. The molecule has 0 fully saturated rings. The van der Waals surface area contributed by atoms with Gasteiger partial charge < -0.3 is 0 Å². The summed E-state index contributed by atoms with van der Waals surface area (Å²) in [5.41, 5.74) is 0. The second-order valence-corrected chi connectivity index (χ2v) is 5.14. The Kier molecular flexibility index (Phi) is 9.23. The normalized spacial score (nSPS) is 12.4. The molecule has 0 aliphatic heterocycles. The van der Waals surface area contributed by atoms with Crippen LogP contribution in [0, 0.1) is 0 Å². The van der Waals surface area contributed by atoms with Gasteiger partial charge in [0.25, 0.3) is 0 Å². The summed E-state index contributed by atoms with van der Waals surface area (Å²) in [5.74, 6) is 0. The zero-order valence-electron chi connectivity index (χ0n) is 11.2.